The van der Waals surface area contributed by atoms with E-state index in [1.165, 1.54) is 0 Å². The van der Waals surface area contributed by atoms with Crippen molar-refractivity contribution in [1.29, 1.82) is 0 Å². The zero-order valence-corrected chi connectivity index (χ0v) is 11.2. The standard InChI is InChI=1S/C10H17N5O3S/c11-19(17,18)6-2-4-12-9(16)8-7-15-5-1-3-13-10(15)14-8/h7H,1-6H2,(H,12,16)(H,13,14)(H2,11,17,18). The number of anilines is 1. The number of aryl methyl sites for hydroxylation is 1. The average molecular weight is 287 g/mol. The molecule has 4 N–H and O–H groups in total. The van der Waals surface area contributed by atoms with Crippen LogP contribution in [-0.2, 0) is 16.6 Å². The number of rotatable bonds is 5. The van der Waals surface area contributed by atoms with E-state index in [0.717, 1.165) is 19.5 Å². The molecule has 9 heteroatoms. The number of carbonyl (C=O) groups is 1. The van der Waals surface area contributed by atoms with Crippen LogP contribution in [0.1, 0.15) is 23.3 Å². The fourth-order valence-electron chi connectivity index (χ4n) is 1.85. The first-order chi connectivity index (χ1) is 8.96. The van der Waals surface area contributed by atoms with Crippen LogP contribution >= 0.6 is 0 Å². The van der Waals surface area contributed by atoms with Crippen LogP contribution in [0.4, 0.5) is 5.95 Å². The minimum atomic E-state index is -3.47. The molecule has 0 fully saturated rings. The molecule has 0 spiro atoms. The van der Waals surface area contributed by atoms with Gasteiger partial charge >= 0.3 is 0 Å². The minimum absolute atomic E-state index is 0.144. The number of primary sulfonamides is 1. The Morgan fingerprint density at radius 2 is 2.37 bits per heavy atom. The van der Waals surface area contributed by atoms with Gasteiger partial charge in [-0.15, -0.1) is 0 Å². The Hall–Kier alpha value is -1.61. The number of aromatic nitrogens is 2. The molecule has 0 aliphatic carbocycles. The first kappa shape index (κ1) is 13.8. The molecule has 2 rings (SSSR count). The van der Waals surface area contributed by atoms with Crippen molar-refractivity contribution in [3.05, 3.63) is 11.9 Å². The number of fused-ring (bicyclic) bond motifs is 1. The van der Waals surface area contributed by atoms with Crippen LogP contribution in [-0.4, -0.2) is 42.7 Å². The maximum absolute atomic E-state index is 11.8. The van der Waals surface area contributed by atoms with E-state index in [4.69, 9.17) is 5.14 Å². The molecule has 8 nitrogen and oxygen atoms in total. The number of imidazole rings is 1. The summed E-state index contributed by atoms with van der Waals surface area (Å²) in [5, 5.41) is 10.6. The number of nitrogens with two attached hydrogens (primary N) is 1. The normalized spacial score (nSPS) is 14.6. The van der Waals surface area contributed by atoms with E-state index in [-0.39, 0.29) is 24.6 Å². The number of carbonyl (C=O) groups excluding carboxylic acids is 1. The van der Waals surface area contributed by atoms with Crippen LogP contribution < -0.4 is 15.8 Å². The third kappa shape index (κ3) is 3.93. The Labute approximate surface area is 111 Å². The largest absolute Gasteiger partial charge is 0.356 e. The highest BCUT2D eigenvalue weighted by Crippen LogP contribution is 2.13. The van der Waals surface area contributed by atoms with Crippen molar-refractivity contribution >= 4 is 21.9 Å². The van der Waals surface area contributed by atoms with Gasteiger partial charge in [0.1, 0.15) is 5.69 Å². The lowest BCUT2D eigenvalue weighted by Crippen LogP contribution is -2.27. The van der Waals surface area contributed by atoms with Gasteiger partial charge in [0.05, 0.1) is 5.75 Å². The maximum atomic E-state index is 11.8. The second-order valence-corrected chi connectivity index (χ2v) is 6.13. The van der Waals surface area contributed by atoms with Gasteiger partial charge in [-0.25, -0.2) is 18.5 Å². The lowest BCUT2D eigenvalue weighted by Gasteiger charge is -2.14. The van der Waals surface area contributed by atoms with Gasteiger partial charge in [0.15, 0.2) is 0 Å². The summed E-state index contributed by atoms with van der Waals surface area (Å²) in [5.74, 6) is 0.244. The Morgan fingerprint density at radius 1 is 1.58 bits per heavy atom. The molecule has 0 aromatic carbocycles. The second-order valence-electron chi connectivity index (χ2n) is 4.40. The Bertz CT molecular complexity index is 542. The minimum Gasteiger partial charge on any atom is -0.356 e. The Balaban J connectivity index is 1.85. The van der Waals surface area contributed by atoms with Crippen molar-refractivity contribution in [1.82, 2.24) is 14.9 Å². The molecule has 0 bridgehead atoms. The molecule has 1 aromatic rings. The summed E-state index contributed by atoms with van der Waals surface area (Å²) in [6, 6.07) is 0. The van der Waals surface area contributed by atoms with Gasteiger partial charge in [0.25, 0.3) is 5.91 Å². The predicted octanol–water partition coefficient (Wildman–Crippen LogP) is -0.893. The first-order valence-corrected chi connectivity index (χ1v) is 7.77. The summed E-state index contributed by atoms with van der Waals surface area (Å²) < 4.78 is 23.3. The highest BCUT2D eigenvalue weighted by Gasteiger charge is 2.16. The molecule has 0 saturated carbocycles. The van der Waals surface area contributed by atoms with Crippen molar-refractivity contribution in [3.8, 4) is 0 Å². The van der Waals surface area contributed by atoms with Crippen LogP contribution in [0.25, 0.3) is 0 Å². The monoisotopic (exact) mass is 287 g/mol. The molecule has 0 radical (unpaired) electrons. The summed E-state index contributed by atoms with van der Waals surface area (Å²) in [6.07, 6.45) is 2.98. The molecule has 0 saturated heterocycles. The molecule has 1 aliphatic heterocycles. The van der Waals surface area contributed by atoms with Gasteiger partial charge in [-0.1, -0.05) is 0 Å². The van der Waals surface area contributed by atoms with Crippen molar-refractivity contribution in [3.63, 3.8) is 0 Å². The molecule has 1 aliphatic rings. The number of sulfonamides is 1. The van der Waals surface area contributed by atoms with Crippen LogP contribution in [0.15, 0.2) is 6.20 Å². The zero-order valence-electron chi connectivity index (χ0n) is 10.4. The van der Waals surface area contributed by atoms with Crippen LogP contribution in [0, 0.1) is 0 Å². The fourth-order valence-corrected chi connectivity index (χ4v) is 2.40. The highest BCUT2D eigenvalue weighted by molar-refractivity contribution is 7.89. The first-order valence-electron chi connectivity index (χ1n) is 6.05. The summed E-state index contributed by atoms with van der Waals surface area (Å²) in [5.41, 5.74) is 0.333. The van der Waals surface area contributed by atoms with E-state index in [1.807, 2.05) is 4.57 Å². The fraction of sp³-hybridized carbons (Fsp3) is 0.600. The van der Waals surface area contributed by atoms with Crippen molar-refractivity contribution in [2.75, 3.05) is 24.2 Å². The maximum Gasteiger partial charge on any atom is 0.271 e. The van der Waals surface area contributed by atoms with Gasteiger partial charge in [0, 0.05) is 25.8 Å². The molecule has 1 amide bonds. The van der Waals surface area contributed by atoms with E-state index >= 15 is 0 Å². The molecular formula is C10H17N5O3S. The van der Waals surface area contributed by atoms with Crippen molar-refractivity contribution < 1.29 is 13.2 Å². The number of amides is 1. The highest BCUT2D eigenvalue weighted by atomic mass is 32.2. The number of nitrogens with zero attached hydrogens (tertiary/aromatic N) is 2. The summed E-state index contributed by atoms with van der Waals surface area (Å²) in [6.45, 7) is 1.95. The van der Waals surface area contributed by atoms with Crippen LogP contribution in [0.2, 0.25) is 0 Å². The number of hydrogen-bond acceptors (Lipinski definition) is 5. The Morgan fingerprint density at radius 3 is 3.05 bits per heavy atom. The smallest absolute Gasteiger partial charge is 0.271 e. The quantitative estimate of drug-likeness (QED) is 0.607. The average Bonchev–Trinajstić information content (AvgIpc) is 2.77. The predicted molar refractivity (Wildman–Crippen MR) is 70.3 cm³/mol. The lowest BCUT2D eigenvalue weighted by atomic mass is 10.4. The summed E-state index contributed by atoms with van der Waals surface area (Å²) in [7, 11) is -3.47. The molecule has 1 aromatic heterocycles. The molecule has 0 atom stereocenters. The van der Waals surface area contributed by atoms with Gasteiger partial charge in [0.2, 0.25) is 16.0 Å². The summed E-state index contributed by atoms with van der Waals surface area (Å²) >= 11 is 0. The van der Waals surface area contributed by atoms with Crippen molar-refractivity contribution in [2.45, 2.75) is 19.4 Å². The molecular weight excluding hydrogens is 270 g/mol. The van der Waals surface area contributed by atoms with Gasteiger partial charge < -0.3 is 15.2 Å². The van der Waals surface area contributed by atoms with E-state index < -0.39 is 10.0 Å². The second kappa shape index (κ2) is 5.57. The van der Waals surface area contributed by atoms with E-state index in [9.17, 15) is 13.2 Å². The van der Waals surface area contributed by atoms with E-state index in [1.54, 1.807) is 6.20 Å². The third-order valence-electron chi connectivity index (χ3n) is 2.76. The van der Waals surface area contributed by atoms with Gasteiger partial charge in [-0.3, -0.25) is 4.79 Å². The van der Waals surface area contributed by atoms with E-state index in [2.05, 4.69) is 15.6 Å². The number of nitrogens with one attached hydrogen (secondary N) is 2. The molecule has 0 unspecified atom stereocenters. The zero-order chi connectivity index (χ0) is 13.9. The topological polar surface area (TPSA) is 119 Å². The van der Waals surface area contributed by atoms with Crippen LogP contribution in [0.5, 0.6) is 0 Å². The Kier molecular flexibility index (Phi) is 4.05. The lowest BCUT2D eigenvalue weighted by molar-refractivity contribution is 0.0949. The molecule has 2 heterocycles. The summed E-state index contributed by atoms with van der Waals surface area (Å²) in [4.78, 5) is 16.0. The van der Waals surface area contributed by atoms with Gasteiger partial charge in [-0.2, -0.15) is 0 Å². The van der Waals surface area contributed by atoms with E-state index in [0.29, 0.717) is 11.6 Å². The van der Waals surface area contributed by atoms with Crippen LogP contribution in [0.3, 0.4) is 0 Å². The molecule has 106 valence electrons. The molecule has 19 heavy (non-hydrogen) atoms. The third-order valence-corrected chi connectivity index (χ3v) is 3.62. The van der Waals surface area contributed by atoms with Gasteiger partial charge in [-0.05, 0) is 12.8 Å². The van der Waals surface area contributed by atoms with Crippen molar-refractivity contribution in [2.24, 2.45) is 5.14 Å². The SMILES string of the molecule is NS(=O)(=O)CCCNC(=O)c1cn2c(n1)NCCC2. The number of hydrogen-bond donors (Lipinski definition) is 3.